The summed E-state index contributed by atoms with van der Waals surface area (Å²) in [6.45, 7) is 0. The standard InChI is InChI=1S/C16H13FN2O3/c17-11-6-7-12-10(9-11)5-8-14(12)18-16(20)13-3-1-2-4-15(13)19(21)22/h1-4,6-7,9,14H,5,8H2,(H,18,20)/t14-/m0/s1. The van der Waals surface area contributed by atoms with E-state index in [0.29, 0.717) is 12.8 Å². The van der Waals surface area contributed by atoms with Crippen LogP contribution in [0.5, 0.6) is 0 Å². The zero-order chi connectivity index (χ0) is 15.7. The van der Waals surface area contributed by atoms with Crippen molar-refractivity contribution in [2.24, 2.45) is 0 Å². The van der Waals surface area contributed by atoms with Crippen LogP contribution in [0.25, 0.3) is 0 Å². The number of rotatable bonds is 3. The summed E-state index contributed by atoms with van der Waals surface area (Å²) in [5.41, 5.74) is 1.54. The molecule has 0 aliphatic heterocycles. The van der Waals surface area contributed by atoms with Gasteiger partial charge in [-0.1, -0.05) is 18.2 Å². The first kappa shape index (κ1) is 14.2. The molecule has 1 aliphatic carbocycles. The van der Waals surface area contributed by atoms with Crippen molar-refractivity contribution in [1.29, 1.82) is 0 Å². The predicted molar refractivity (Wildman–Crippen MR) is 78.0 cm³/mol. The van der Waals surface area contributed by atoms with Crippen LogP contribution < -0.4 is 5.32 Å². The van der Waals surface area contributed by atoms with Crippen molar-refractivity contribution in [3.8, 4) is 0 Å². The number of halogens is 1. The lowest BCUT2D eigenvalue weighted by atomic mass is 10.1. The van der Waals surface area contributed by atoms with Crippen molar-refractivity contribution < 1.29 is 14.1 Å². The molecule has 0 saturated carbocycles. The quantitative estimate of drug-likeness (QED) is 0.699. The Kier molecular flexibility index (Phi) is 3.58. The molecule has 0 spiro atoms. The molecule has 1 amide bonds. The second-order valence-electron chi connectivity index (χ2n) is 5.18. The number of nitrogens with one attached hydrogen (secondary N) is 1. The van der Waals surface area contributed by atoms with Crippen LogP contribution in [-0.2, 0) is 6.42 Å². The Morgan fingerprint density at radius 1 is 1.27 bits per heavy atom. The third-order valence-corrected chi connectivity index (χ3v) is 3.83. The van der Waals surface area contributed by atoms with Gasteiger partial charge in [0.05, 0.1) is 11.0 Å². The summed E-state index contributed by atoms with van der Waals surface area (Å²) in [4.78, 5) is 22.7. The number of nitrogens with zero attached hydrogens (tertiary/aromatic N) is 1. The molecule has 112 valence electrons. The van der Waals surface area contributed by atoms with Gasteiger partial charge >= 0.3 is 0 Å². The third-order valence-electron chi connectivity index (χ3n) is 3.83. The van der Waals surface area contributed by atoms with Crippen molar-refractivity contribution >= 4 is 11.6 Å². The van der Waals surface area contributed by atoms with Gasteiger partial charge in [-0.25, -0.2) is 4.39 Å². The number of hydrogen-bond acceptors (Lipinski definition) is 3. The van der Waals surface area contributed by atoms with Crippen molar-refractivity contribution in [3.63, 3.8) is 0 Å². The monoisotopic (exact) mass is 300 g/mol. The Hall–Kier alpha value is -2.76. The fourth-order valence-corrected chi connectivity index (χ4v) is 2.80. The molecule has 0 fully saturated rings. The van der Waals surface area contributed by atoms with Gasteiger partial charge in [0.15, 0.2) is 0 Å². The number of amides is 1. The van der Waals surface area contributed by atoms with Gasteiger partial charge in [-0.3, -0.25) is 14.9 Å². The SMILES string of the molecule is O=C(N[C@H]1CCc2cc(F)ccc21)c1ccccc1[N+](=O)[O-]. The van der Waals surface area contributed by atoms with Crippen LogP contribution in [0.4, 0.5) is 10.1 Å². The van der Waals surface area contributed by atoms with E-state index in [9.17, 15) is 19.3 Å². The number of nitro groups is 1. The highest BCUT2D eigenvalue weighted by atomic mass is 19.1. The summed E-state index contributed by atoms with van der Waals surface area (Å²) in [6, 6.07) is 10.1. The normalized spacial score (nSPS) is 16.1. The van der Waals surface area contributed by atoms with E-state index in [1.807, 2.05) is 0 Å². The molecular formula is C16H13FN2O3. The van der Waals surface area contributed by atoms with Gasteiger partial charge in [0.25, 0.3) is 11.6 Å². The number of nitro benzene ring substituents is 1. The summed E-state index contributed by atoms with van der Waals surface area (Å²) in [5, 5.41) is 13.8. The van der Waals surface area contributed by atoms with Crippen molar-refractivity contribution in [1.82, 2.24) is 5.32 Å². The van der Waals surface area contributed by atoms with Crippen LogP contribution in [0.15, 0.2) is 42.5 Å². The number of carbonyl (C=O) groups excluding carboxylic acids is 1. The van der Waals surface area contributed by atoms with Crippen LogP contribution >= 0.6 is 0 Å². The number of aryl methyl sites for hydroxylation is 1. The molecule has 0 saturated heterocycles. The van der Waals surface area contributed by atoms with E-state index in [0.717, 1.165) is 11.1 Å². The number of benzene rings is 2. The lowest BCUT2D eigenvalue weighted by molar-refractivity contribution is -0.385. The minimum Gasteiger partial charge on any atom is -0.345 e. The van der Waals surface area contributed by atoms with Crippen LogP contribution in [0.1, 0.15) is 33.9 Å². The summed E-state index contributed by atoms with van der Waals surface area (Å²) in [6.07, 6.45) is 1.33. The Morgan fingerprint density at radius 3 is 2.82 bits per heavy atom. The first-order chi connectivity index (χ1) is 10.6. The van der Waals surface area contributed by atoms with Gasteiger partial charge in [-0.2, -0.15) is 0 Å². The van der Waals surface area contributed by atoms with Crippen molar-refractivity contribution in [2.75, 3.05) is 0 Å². The van der Waals surface area contributed by atoms with Crippen molar-refractivity contribution in [2.45, 2.75) is 18.9 Å². The molecule has 0 heterocycles. The van der Waals surface area contributed by atoms with Crippen LogP contribution in [0.3, 0.4) is 0 Å². The number of para-hydroxylation sites is 1. The topological polar surface area (TPSA) is 72.2 Å². The average molecular weight is 300 g/mol. The molecule has 0 radical (unpaired) electrons. The van der Waals surface area contributed by atoms with E-state index in [4.69, 9.17) is 0 Å². The van der Waals surface area contributed by atoms with Gasteiger partial charge in [-0.15, -0.1) is 0 Å². The Morgan fingerprint density at radius 2 is 2.05 bits per heavy atom. The fraction of sp³-hybridized carbons (Fsp3) is 0.188. The molecule has 0 aromatic heterocycles. The van der Waals surface area contributed by atoms with Gasteiger partial charge in [0, 0.05) is 6.07 Å². The largest absolute Gasteiger partial charge is 0.345 e. The fourth-order valence-electron chi connectivity index (χ4n) is 2.80. The first-order valence-electron chi connectivity index (χ1n) is 6.89. The van der Waals surface area contributed by atoms with Crippen LogP contribution in [0.2, 0.25) is 0 Å². The molecule has 0 unspecified atom stereocenters. The number of carbonyl (C=O) groups is 1. The van der Waals surface area contributed by atoms with Gasteiger partial charge in [0.1, 0.15) is 11.4 Å². The van der Waals surface area contributed by atoms with Crippen LogP contribution in [-0.4, -0.2) is 10.8 Å². The van der Waals surface area contributed by atoms with E-state index in [1.54, 1.807) is 12.1 Å². The summed E-state index contributed by atoms with van der Waals surface area (Å²) >= 11 is 0. The Balaban J connectivity index is 1.84. The highest BCUT2D eigenvalue weighted by Gasteiger charge is 2.27. The van der Waals surface area contributed by atoms with Crippen LogP contribution in [0, 0.1) is 15.9 Å². The molecule has 2 aromatic carbocycles. The second-order valence-corrected chi connectivity index (χ2v) is 5.18. The smallest absolute Gasteiger partial charge is 0.282 e. The first-order valence-corrected chi connectivity index (χ1v) is 6.89. The molecule has 1 N–H and O–H groups in total. The van der Waals surface area contributed by atoms with Gasteiger partial charge < -0.3 is 5.32 Å². The summed E-state index contributed by atoms with van der Waals surface area (Å²) < 4.78 is 13.2. The maximum Gasteiger partial charge on any atom is 0.282 e. The van der Waals surface area contributed by atoms with Gasteiger partial charge in [-0.05, 0) is 42.2 Å². The Labute approximate surface area is 125 Å². The van der Waals surface area contributed by atoms with E-state index < -0.39 is 10.8 Å². The molecule has 2 aromatic rings. The number of fused-ring (bicyclic) bond motifs is 1. The van der Waals surface area contributed by atoms with Crippen molar-refractivity contribution in [3.05, 3.63) is 75.1 Å². The maximum absolute atomic E-state index is 13.2. The molecular weight excluding hydrogens is 287 g/mol. The third kappa shape index (κ3) is 2.55. The molecule has 6 heteroatoms. The molecule has 0 bridgehead atoms. The molecule has 1 atom stereocenters. The minimum absolute atomic E-state index is 0.0306. The summed E-state index contributed by atoms with van der Waals surface area (Å²) in [5.74, 6) is -0.793. The lowest BCUT2D eigenvalue weighted by Gasteiger charge is -2.14. The average Bonchev–Trinajstić information content (AvgIpc) is 2.89. The number of hydrogen-bond donors (Lipinski definition) is 1. The minimum atomic E-state index is -0.577. The zero-order valence-electron chi connectivity index (χ0n) is 11.6. The lowest BCUT2D eigenvalue weighted by Crippen LogP contribution is -2.27. The molecule has 3 rings (SSSR count). The van der Waals surface area contributed by atoms with Gasteiger partial charge in [0.2, 0.25) is 0 Å². The van der Waals surface area contributed by atoms with E-state index in [1.165, 1.54) is 30.3 Å². The second kappa shape index (κ2) is 5.55. The van der Waals surface area contributed by atoms with E-state index >= 15 is 0 Å². The predicted octanol–water partition coefficient (Wildman–Crippen LogP) is 3.15. The molecule has 1 aliphatic rings. The van der Waals surface area contributed by atoms with E-state index in [2.05, 4.69) is 5.32 Å². The molecule has 5 nitrogen and oxygen atoms in total. The highest BCUT2D eigenvalue weighted by Crippen LogP contribution is 2.32. The molecule has 22 heavy (non-hydrogen) atoms. The van der Waals surface area contributed by atoms with E-state index in [-0.39, 0.29) is 23.1 Å². The zero-order valence-corrected chi connectivity index (χ0v) is 11.6. The Bertz CT molecular complexity index is 761. The highest BCUT2D eigenvalue weighted by molar-refractivity contribution is 5.98. The summed E-state index contributed by atoms with van der Waals surface area (Å²) in [7, 11) is 0. The maximum atomic E-state index is 13.2.